The molecule has 2 aromatic rings. The Balaban J connectivity index is 1.84. The van der Waals surface area contributed by atoms with Crippen molar-refractivity contribution in [3.8, 4) is 0 Å². The van der Waals surface area contributed by atoms with Crippen LogP contribution in [0.2, 0.25) is 0 Å². The molecule has 1 aromatic heterocycles. The number of hydrogen-bond donors (Lipinski definition) is 4. The molecule has 0 bridgehead atoms. The number of aliphatic hydroxyl groups is 3. The van der Waals surface area contributed by atoms with Gasteiger partial charge in [-0.05, 0) is 19.1 Å². The van der Waals surface area contributed by atoms with Gasteiger partial charge in [0.25, 0.3) is 5.56 Å². The van der Waals surface area contributed by atoms with E-state index >= 15 is 0 Å². The van der Waals surface area contributed by atoms with Gasteiger partial charge in [0.1, 0.15) is 18.3 Å². The third kappa shape index (κ3) is 3.76. The number of ether oxygens (including phenoxy) is 1. The summed E-state index contributed by atoms with van der Waals surface area (Å²) in [4.78, 5) is 27.4. The minimum absolute atomic E-state index is 0.313. The Bertz CT molecular complexity index is 878. The van der Waals surface area contributed by atoms with Crippen molar-refractivity contribution in [3.63, 3.8) is 0 Å². The van der Waals surface area contributed by atoms with E-state index in [4.69, 9.17) is 4.74 Å². The predicted octanol–water partition coefficient (Wildman–Crippen LogP) is -0.251. The van der Waals surface area contributed by atoms with Gasteiger partial charge < -0.3 is 20.1 Å². The molecule has 0 aliphatic carbocycles. The molecule has 3 rings (SSSR count). The maximum atomic E-state index is 12.1. The summed E-state index contributed by atoms with van der Waals surface area (Å²) in [7, 11) is 0. The number of nitrogens with zero attached hydrogens (tertiary/aromatic N) is 1. The van der Waals surface area contributed by atoms with Crippen LogP contribution in [0.5, 0.6) is 0 Å². The first kappa shape index (κ1) is 18.9. The van der Waals surface area contributed by atoms with E-state index in [9.17, 15) is 24.9 Å². The zero-order chi connectivity index (χ0) is 18.8. The molecule has 4 atom stereocenters. The standard InChI is InChI=1S/C17H20N2O6S/c1-9-2-4-11(5-3-9)26-8-10-6-19(17(24)18-15(10)23)16-14(22)13(21)12(7-20)25-16/h2-6,12-14,16,20-22H,7-8H2,1H3,(H,18,23,24). The summed E-state index contributed by atoms with van der Waals surface area (Å²) in [6.07, 6.45) is -3.58. The Morgan fingerprint density at radius 3 is 2.50 bits per heavy atom. The molecule has 0 spiro atoms. The van der Waals surface area contributed by atoms with E-state index < -0.39 is 42.4 Å². The number of aromatic amines is 1. The lowest BCUT2D eigenvalue weighted by atomic mass is 10.1. The fourth-order valence-corrected chi connectivity index (χ4v) is 3.58. The normalized spacial score (nSPS) is 25.5. The zero-order valence-corrected chi connectivity index (χ0v) is 14.8. The highest BCUT2D eigenvalue weighted by Gasteiger charge is 2.43. The molecular formula is C17H20N2O6S. The molecule has 140 valence electrons. The van der Waals surface area contributed by atoms with Gasteiger partial charge in [-0.2, -0.15) is 0 Å². The summed E-state index contributed by atoms with van der Waals surface area (Å²) in [5.74, 6) is 0.313. The van der Waals surface area contributed by atoms with E-state index in [-0.39, 0.29) is 0 Å². The van der Waals surface area contributed by atoms with Crippen molar-refractivity contribution in [2.45, 2.75) is 42.1 Å². The summed E-state index contributed by atoms with van der Waals surface area (Å²) < 4.78 is 6.39. The molecule has 2 heterocycles. The number of H-pyrrole nitrogens is 1. The van der Waals surface area contributed by atoms with Crippen LogP contribution in [0.4, 0.5) is 0 Å². The molecule has 8 nitrogen and oxygen atoms in total. The Kier molecular flexibility index (Phi) is 5.64. The van der Waals surface area contributed by atoms with Gasteiger partial charge in [-0.1, -0.05) is 17.7 Å². The quantitative estimate of drug-likeness (QED) is 0.527. The number of aromatic nitrogens is 2. The summed E-state index contributed by atoms with van der Waals surface area (Å²) >= 11 is 1.43. The van der Waals surface area contributed by atoms with Crippen molar-refractivity contribution in [1.29, 1.82) is 0 Å². The minimum atomic E-state index is -1.40. The van der Waals surface area contributed by atoms with Gasteiger partial charge in [-0.3, -0.25) is 14.3 Å². The number of hydrogen-bond acceptors (Lipinski definition) is 7. The van der Waals surface area contributed by atoms with Crippen molar-refractivity contribution in [3.05, 3.63) is 62.4 Å². The third-order valence-corrected chi connectivity index (χ3v) is 5.31. The van der Waals surface area contributed by atoms with Crippen molar-refractivity contribution in [2.24, 2.45) is 0 Å². The van der Waals surface area contributed by atoms with Crippen LogP contribution in [0, 0.1) is 6.92 Å². The summed E-state index contributed by atoms with van der Waals surface area (Å²) in [5, 5.41) is 29.1. The van der Waals surface area contributed by atoms with Crippen LogP contribution in [-0.4, -0.2) is 49.8 Å². The van der Waals surface area contributed by atoms with Gasteiger partial charge in [0.15, 0.2) is 6.23 Å². The van der Waals surface area contributed by atoms with Crippen LogP contribution < -0.4 is 11.2 Å². The smallest absolute Gasteiger partial charge is 0.330 e. The van der Waals surface area contributed by atoms with Gasteiger partial charge in [0.2, 0.25) is 0 Å². The van der Waals surface area contributed by atoms with Gasteiger partial charge >= 0.3 is 5.69 Å². The fourth-order valence-electron chi connectivity index (χ4n) is 2.72. The Morgan fingerprint density at radius 2 is 1.88 bits per heavy atom. The Morgan fingerprint density at radius 1 is 1.19 bits per heavy atom. The monoisotopic (exact) mass is 380 g/mol. The summed E-state index contributed by atoms with van der Waals surface area (Å²) in [5.41, 5.74) is 0.185. The molecule has 26 heavy (non-hydrogen) atoms. The fraction of sp³-hybridized carbons (Fsp3) is 0.412. The Labute approximate surface area is 153 Å². The van der Waals surface area contributed by atoms with E-state index in [1.807, 2.05) is 31.2 Å². The van der Waals surface area contributed by atoms with Crippen LogP contribution in [0.15, 0.2) is 44.9 Å². The average Bonchev–Trinajstić information content (AvgIpc) is 2.90. The molecule has 1 aliphatic heterocycles. The lowest BCUT2D eigenvalue weighted by Gasteiger charge is -2.18. The van der Waals surface area contributed by atoms with E-state index in [0.717, 1.165) is 15.0 Å². The SMILES string of the molecule is Cc1ccc(SCc2cn(C3OC(CO)C(O)C3O)c(=O)[nH]c2=O)cc1. The zero-order valence-electron chi connectivity index (χ0n) is 14.0. The first-order valence-electron chi connectivity index (χ1n) is 8.07. The van der Waals surface area contributed by atoms with Gasteiger partial charge in [0, 0.05) is 22.4 Å². The van der Waals surface area contributed by atoms with E-state index in [2.05, 4.69) is 4.98 Å². The molecule has 9 heteroatoms. The molecule has 1 saturated heterocycles. The average molecular weight is 380 g/mol. The first-order chi connectivity index (χ1) is 12.4. The third-order valence-electron chi connectivity index (χ3n) is 4.25. The maximum Gasteiger partial charge on any atom is 0.330 e. The topological polar surface area (TPSA) is 125 Å². The number of aryl methyl sites for hydroxylation is 1. The van der Waals surface area contributed by atoms with Crippen LogP contribution in [0.3, 0.4) is 0 Å². The highest BCUT2D eigenvalue weighted by molar-refractivity contribution is 7.98. The van der Waals surface area contributed by atoms with E-state index in [0.29, 0.717) is 11.3 Å². The van der Waals surface area contributed by atoms with Crippen molar-refractivity contribution >= 4 is 11.8 Å². The van der Waals surface area contributed by atoms with Crippen LogP contribution in [-0.2, 0) is 10.5 Å². The molecule has 0 radical (unpaired) electrons. The van der Waals surface area contributed by atoms with Crippen LogP contribution in [0.1, 0.15) is 17.4 Å². The molecule has 1 fully saturated rings. The van der Waals surface area contributed by atoms with E-state index in [1.54, 1.807) is 0 Å². The van der Waals surface area contributed by atoms with Crippen molar-refractivity contribution in [1.82, 2.24) is 9.55 Å². The van der Waals surface area contributed by atoms with Gasteiger partial charge in [-0.25, -0.2) is 4.79 Å². The van der Waals surface area contributed by atoms with Gasteiger partial charge in [-0.15, -0.1) is 11.8 Å². The molecule has 1 aliphatic rings. The lowest BCUT2D eigenvalue weighted by Crippen LogP contribution is -2.38. The first-order valence-corrected chi connectivity index (χ1v) is 9.05. The molecular weight excluding hydrogens is 360 g/mol. The minimum Gasteiger partial charge on any atom is -0.394 e. The molecule has 4 unspecified atom stereocenters. The summed E-state index contributed by atoms with van der Waals surface area (Å²) in [6, 6.07) is 7.81. The number of thioether (sulfide) groups is 1. The molecule has 1 aromatic carbocycles. The van der Waals surface area contributed by atoms with E-state index in [1.165, 1.54) is 18.0 Å². The maximum absolute atomic E-state index is 12.1. The second-order valence-electron chi connectivity index (χ2n) is 6.15. The van der Waals surface area contributed by atoms with Crippen LogP contribution in [0.25, 0.3) is 0 Å². The lowest BCUT2D eigenvalue weighted by molar-refractivity contribution is -0.0551. The van der Waals surface area contributed by atoms with Crippen molar-refractivity contribution < 1.29 is 20.1 Å². The van der Waals surface area contributed by atoms with Crippen molar-refractivity contribution in [2.75, 3.05) is 6.61 Å². The number of rotatable bonds is 5. The van der Waals surface area contributed by atoms with Gasteiger partial charge in [0.05, 0.1) is 6.61 Å². The number of nitrogens with one attached hydrogen (secondary N) is 1. The Hall–Kier alpha value is -1.91. The summed E-state index contributed by atoms with van der Waals surface area (Å²) in [6.45, 7) is 1.49. The number of aliphatic hydroxyl groups excluding tert-OH is 3. The molecule has 0 amide bonds. The highest BCUT2D eigenvalue weighted by Crippen LogP contribution is 2.28. The highest BCUT2D eigenvalue weighted by atomic mass is 32.2. The number of benzene rings is 1. The largest absolute Gasteiger partial charge is 0.394 e. The predicted molar refractivity (Wildman–Crippen MR) is 95.1 cm³/mol. The second-order valence-corrected chi connectivity index (χ2v) is 7.20. The molecule has 4 N–H and O–H groups in total. The second kappa shape index (κ2) is 7.77. The van der Waals surface area contributed by atoms with Crippen LogP contribution >= 0.6 is 11.8 Å². The molecule has 0 saturated carbocycles.